The SMILES string of the molecule is Cc1nc(NCCNS(=O)(=O)Cc2ccccc2F)cc(-n2cccc2)n1. The molecule has 3 rings (SSSR count). The Kier molecular flexibility index (Phi) is 5.82. The van der Waals surface area contributed by atoms with Gasteiger partial charge in [-0.15, -0.1) is 0 Å². The highest BCUT2D eigenvalue weighted by molar-refractivity contribution is 7.88. The summed E-state index contributed by atoms with van der Waals surface area (Å²) in [6, 6.07) is 11.4. The van der Waals surface area contributed by atoms with Gasteiger partial charge >= 0.3 is 0 Å². The summed E-state index contributed by atoms with van der Waals surface area (Å²) in [5.74, 6) is 0.984. The minimum atomic E-state index is -3.63. The van der Waals surface area contributed by atoms with Gasteiger partial charge in [0.15, 0.2) is 0 Å². The van der Waals surface area contributed by atoms with Crippen LogP contribution in [0.4, 0.5) is 10.2 Å². The van der Waals surface area contributed by atoms with Gasteiger partial charge in [0.05, 0.1) is 5.75 Å². The predicted octanol–water partition coefficient (Wildman–Crippen LogP) is 2.25. The summed E-state index contributed by atoms with van der Waals surface area (Å²) in [7, 11) is -3.63. The van der Waals surface area contributed by atoms with Crippen LogP contribution in [0.15, 0.2) is 54.9 Å². The van der Waals surface area contributed by atoms with Crippen LogP contribution >= 0.6 is 0 Å². The number of rotatable bonds is 8. The van der Waals surface area contributed by atoms with E-state index in [1.165, 1.54) is 18.2 Å². The lowest BCUT2D eigenvalue weighted by atomic mass is 10.2. The molecule has 2 N–H and O–H groups in total. The van der Waals surface area contributed by atoms with Gasteiger partial charge in [-0.1, -0.05) is 18.2 Å². The second-order valence-electron chi connectivity index (χ2n) is 5.92. The van der Waals surface area contributed by atoms with Crippen molar-refractivity contribution in [3.05, 3.63) is 72.1 Å². The molecule has 2 heterocycles. The summed E-state index contributed by atoms with van der Waals surface area (Å²) in [4.78, 5) is 8.66. The molecular weight excluding hydrogens is 369 g/mol. The molecule has 0 bridgehead atoms. The Hall–Kier alpha value is -2.78. The largest absolute Gasteiger partial charge is 0.369 e. The standard InChI is InChI=1S/C18H20FN5O2S/c1-14-22-17(12-18(23-14)24-10-4-5-11-24)20-8-9-21-27(25,26)13-15-6-2-3-7-16(15)19/h2-7,10-12,21H,8-9,13H2,1H3,(H,20,22,23). The van der Waals surface area contributed by atoms with Crippen LogP contribution in [-0.2, 0) is 15.8 Å². The number of sulfonamides is 1. The number of benzene rings is 1. The van der Waals surface area contributed by atoms with E-state index in [0.717, 1.165) is 5.82 Å². The van der Waals surface area contributed by atoms with Crippen LogP contribution in [0.1, 0.15) is 11.4 Å². The van der Waals surface area contributed by atoms with Crippen molar-refractivity contribution < 1.29 is 12.8 Å². The lowest BCUT2D eigenvalue weighted by Crippen LogP contribution is -2.30. The Bertz CT molecular complexity index is 1010. The lowest BCUT2D eigenvalue weighted by Gasteiger charge is -2.10. The summed E-state index contributed by atoms with van der Waals surface area (Å²) in [6.45, 7) is 2.27. The van der Waals surface area contributed by atoms with E-state index in [9.17, 15) is 12.8 Å². The summed E-state index contributed by atoms with van der Waals surface area (Å²) in [5, 5.41) is 3.07. The van der Waals surface area contributed by atoms with Crippen molar-refractivity contribution in [2.24, 2.45) is 0 Å². The fourth-order valence-corrected chi connectivity index (χ4v) is 3.69. The molecule has 9 heteroatoms. The fourth-order valence-electron chi connectivity index (χ4n) is 2.53. The number of halogens is 1. The van der Waals surface area contributed by atoms with Gasteiger partial charge in [0.25, 0.3) is 0 Å². The van der Waals surface area contributed by atoms with Crippen LogP contribution < -0.4 is 10.0 Å². The van der Waals surface area contributed by atoms with Gasteiger partial charge in [-0.25, -0.2) is 27.5 Å². The third kappa shape index (κ3) is 5.35. The number of nitrogens with zero attached hydrogens (tertiary/aromatic N) is 3. The molecule has 1 aromatic carbocycles. The van der Waals surface area contributed by atoms with Crippen molar-refractivity contribution in [2.45, 2.75) is 12.7 Å². The van der Waals surface area contributed by atoms with E-state index in [1.54, 1.807) is 19.1 Å². The molecule has 3 aromatic rings. The first-order valence-corrected chi connectivity index (χ1v) is 10.0. The van der Waals surface area contributed by atoms with E-state index < -0.39 is 21.6 Å². The van der Waals surface area contributed by atoms with Crippen molar-refractivity contribution in [3.63, 3.8) is 0 Å². The normalized spacial score (nSPS) is 11.5. The van der Waals surface area contributed by atoms with Crippen molar-refractivity contribution in [1.82, 2.24) is 19.3 Å². The minimum Gasteiger partial charge on any atom is -0.369 e. The van der Waals surface area contributed by atoms with E-state index in [1.807, 2.05) is 29.1 Å². The van der Waals surface area contributed by atoms with E-state index in [2.05, 4.69) is 20.0 Å². The first-order chi connectivity index (χ1) is 12.9. The zero-order chi connectivity index (χ0) is 19.3. The van der Waals surface area contributed by atoms with Crippen LogP contribution in [0.2, 0.25) is 0 Å². The maximum atomic E-state index is 13.6. The number of nitrogens with one attached hydrogen (secondary N) is 2. The maximum absolute atomic E-state index is 13.6. The Balaban J connectivity index is 1.55. The molecule has 0 fully saturated rings. The third-order valence-electron chi connectivity index (χ3n) is 3.75. The van der Waals surface area contributed by atoms with Crippen LogP contribution in [-0.4, -0.2) is 36.0 Å². The molecule has 0 saturated carbocycles. The van der Waals surface area contributed by atoms with Gasteiger partial charge in [0.2, 0.25) is 10.0 Å². The zero-order valence-electron chi connectivity index (χ0n) is 14.8. The topological polar surface area (TPSA) is 88.9 Å². The molecule has 142 valence electrons. The molecule has 0 aliphatic carbocycles. The summed E-state index contributed by atoms with van der Waals surface area (Å²) in [5.41, 5.74) is 0.140. The van der Waals surface area contributed by atoms with Crippen LogP contribution in [0.25, 0.3) is 5.82 Å². The van der Waals surface area contributed by atoms with Gasteiger partial charge in [0, 0.05) is 37.1 Å². The molecule has 7 nitrogen and oxygen atoms in total. The highest BCUT2D eigenvalue weighted by Crippen LogP contribution is 2.12. The van der Waals surface area contributed by atoms with E-state index in [4.69, 9.17) is 0 Å². The second kappa shape index (κ2) is 8.28. The predicted molar refractivity (Wildman–Crippen MR) is 102 cm³/mol. The average molecular weight is 389 g/mol. The third-order valence-corrected chi connectivity index (χ3v) is 5.08. The molecule has 0 spiro atoms. The lowest BCUT2D eigenvalue weighted by molar-refractivity contribution is 0.575. The molecular formula is C18H20FN5O2S. The van der Waals surface area contributed by atoms with Gasteiger partial charge in [0.1, 0.15) is 23.3 Å². The van der Waals surface area contributed by atoms with Crippen molar-refractivity contribution in [2.75, 3.05) is 18.4 Å². The number of anilines is 1. The molecule has 0 amide bonds. The molecule has 0 unspecified atom stereocenters. The quantitative estimate of drug-likeness (QED) is 0.577. The van der Waals surface area contributed by atoms with Gasteiger partial charge in [-0.2, -0.15) is 0 Å². The Morgan fingerprint density at radius 1 is 1.07 bits per heavy atom. The first-order valence-electron chi connectivity index (χ1n) is 8.36. The summed E-state index contributed by atoms with van der Waals surface area (Å²) < 4.78 is 42.1. The number of hydrogen-bond donors (Lipinski definition) is 2. The zero-order valence-corrected chi connectivity index (χ0v) is 15.6. The monoisotopic (exact) mass is 389 g/mol. The van der Waals surface area contributed by atoms with Gasteiger partial charge in [-0.05, 0) is 25.1 Å². The first kappa shape index (κ1) is 19.0. The van der Waals surface area contributed by atoms with E-state index in [0.29, 0.717) is 18.2 Å². The second-order valence-corrected chi connectivity index (χ2v) is 7.73. The van der Waals surface area contributed by atoms with E-state index in [-0.39, 0.29) is 12.1 Å². The van der Waals surface area contributed by atoms with Crippen molar-refractivity contribution in [3.8, 4) is 5.82 Å². The van der Waals surface area contributed by atoms with Crippen LogP contribution in [0.5, 0.6) is 0 Å². The Labute approximate surface area is 157 Å². The molecule has 27 heavy (non-hydrogen) atoms. The average Bonchev–Trinajstić information content (AvgIpc) is 3.15. The number of aryl methyl sites for hydroxylation is 1. The van der Waals surface area contributed by atoms with E-state index >= 15 is 0 Å². The highest BCUT2D eigenvalue weighted by atomic mass is 32.2. The number of hydrogen-bond acceptors (Lipinski definition) is 5. The number of aromatic nitrogens is 3. The summed E-state index contributed by atoms with van der Waals surface area (Å²) in [6.07, 6.45) is 3.75. The minimum absolute atomic E-state index is 0.140. The molecule has 0 radical (unpaired) electrons. The Morgan fingerprint density at radius 3 is 2.56 bits per heavy atom. The molecule has 2 aromatic heterocycles. The molecule has 0 aliphatic rings. The smallest absolute Gasteiger partial charge is 0.215 e. The van der Waals surface area contributed by atoms with Crippen LogP contribution in [0.3, 0.4) is 0 Å². The van der Waals surface area contributed by atoms with Gasteiger partial charge in [-0.3, -0.25) is 0 Å². The van der Waals surface area contributed by atoms with Gasteiger partial charge < -0.3 is 9.88 Å². The van der Waals surface area contributed by atoms with Crippen molar-refractivity contribution >= 4 is 15.8 Å². The molecule has 0 aliphatic heterocycles. The van der Waals surface area contributed by atoms with Crippen molar-refractivity contribution in [1.29, 1.82) is 0 Å². The summed E-state index contributed by atoms with van der Waals surface area (Å²) >= 11 is 0. The van der Waals surface area contributed by atoms with Crippen LogP contribution in [0, 0.1) is 12.7 Å². The molecule has 0 saturated heterocycles. The molecule has 0 atom stereocenters. The maximum Gasteiger partial charge on any atom is 0.215 e. The Morgan fingerprint density at radius 2 is 1.81 bits per heavy atom. The highest BCUT2D eigenvalue weighted by Gasteiger charge is 2.13. The fraction of sp³-hybridized carbons (Fsp3) is 0.222.